The maximum Gasteiger partial charge on any atom is 0.408 e. The van der Waals surface area contributed by atoms with Gasteiger partial charge in [0.2, 0.25) is 0 Å². The number of alkyl carbamates (subject to hydrolysis) is 1. The Labute approximate surface area is 104 Å². The van der Waals surface area contributed by atoms with Gasteiger partial charge in [0.1, 0.15) is 12.1 Å². The number of hydrogen-bond donors (Lipinski definition) is 1. The van der Waals surface area contributed by atoms with Crippen LogP contribution in [-0.4, -0.2) is 36.5 Å². The molecular formula is C11H15NO6. The van der Waals surface area contributed by atoms with Crippen LogP contribution in [0.25, 0.3) is 0 Å². The number of ether oxygens (including phenoxy) is 3. The van der Waals surface area contributed by atoms with Gasteiger partial charge in [-0.1, -0.05) is 0 Å². The van der Waals surface area contributed by atoms with Crippen LogP contribution in [0.3, 0.4) is 0 Å². The van der Waals surface area contributed by atoms with E-state index in [1.165, 1.54) is 6.08 Å². The highest BCUT2D eigenvalue weighted by atomic mass is 16.7. The molecule has 1 aliphatic heterocycles. The SMILES string of the molecule is CC(C)(C)OC(=O)NCC(=O)OC1C=CC(=O)O1. The Morgan fingerprint density at radius 2 is 2.11 bits per heavy atom. The predicted octanol–water partition coefficient (Wildman–Crippen LogP) is 0.493. The third-order valence-corrected chi connectivity index (χ3v) is 1.65. The third kappa shape index (κ3) is 5.33. The summed E-state index contributed by atoms with van der Waals surface area (Å²) in [5, 5.41) is 2.22. The summed E-state index contributed by atoms with van der Waals surface area (Å²) in [6.07, 6.45) is 0.705. The van der Waals surface area contributed by atoms with Gasteiger partial charge in [0.15, 0.2) is 0 Å². The van der Waals surface area contributed by atoms with Crippen molar-refractivity contribution in [3.63, 3.8) is 0 Å². The molecular weight excluding hydrogens is 242 g/mol. The van der Waals surface area contributed by atoms with E-state index in [9.17, 15) is 14.4 Å². The molecule has 0 aromatic heterocycles. The Hall–Kier alpha value is -2.05. The second-order valence-electron chi connectivity index (χ2n) is 4.51. The molecule has 7 heteroatoms. The predicted molar refractivity (Wildman–Crippen MR) is 59.3 cm³/mol. The summed E-state index contributed by atoms with van der Waals surface area (Å²) in [5.41, 5.74) is -0.641. The maximum absolute atomic E-state index is 11.3. The van der Waals surface area contributed by atoms with Gasteiger partial charge in [0.25, 0.3) is 6.29 Å². The molecule has 1 unspecified atom stereocenters. The minimum absolute atomic E-state index is 0.364. The quantitative estimate of drug-likeness (QED) is 0.740. The molecule has 1 N–H and O–H groups in total. The minimum Gasteiger partial charge on any atom is -0.444 e. The molecule has 1 atom stereocenters. The number of nitrogens with one attached hydrogen (secondary N) is 1. The van der Waals surface area contributed by atoms with Gasteiger partial charge in [0.05, 0.1) is 0 Å². The van der Waals surface area contributed by atoms with E-state index < -0.39 is 29.9 Å². The highest BCUT2D eigenvalue weighted by Crippen LogP contribution is 2.07. The van der Waals surface area contributed by atoms with E-state index in [-0.39, 0.29) is 6.54 Å². The summed E-state index contributed by atoms with van der Waals surface area (Å²) >= 11 is 0. The minimum atomic E-state index is -1.02. The van der Waals surface area contributed by atoms with Gasteiger partial charge in [-0.25, -0.2) is 9.59 Å². The van der Waals surface area contributed by atoms with Crippen LogP contribution < -0.4 is 5.32 Å². The van der Waals surface area contributed by atoms with Crippen molar-refractivity contribution in [3.05, 3.63) is 12.2 Å². The van der Waals surface area contributed by atoms with E-state index in [1.54, 1.807) is 20.8 Å². The monoisotopic (exact) mass is 257 g/mol. The van der Waals surface area contributed by atoms with Crippen molar-refractivity contribution in [2.45, 2.75) is 32.7 Å². The van der Waals surface area contributed by atoms with Gasteiger partial charge < -0.3 is 19.5 Å². The number of carbonyl (C=O) groups is 3. The van der Waals surface area contributed by atoms with Crippen LogP contribution in [-0.2, 0) is 23.8 Å². The van der Waals surface area contributed by atoms with Crippen LogP contribution in [0.1, 0.15) is 20.8 Å². The van der Waals surface area contributed by atoms with E-state index in [2.05, 4.69) is 10.1 Å². The van der Waals surface area contributed by atoms with Crippen molar-refractivity contribution in [2.75, 3.05) is 6.54 Å². The number of amides is 1. The van der Waals surface area contributed by atoms with Crippen LogP contribution in [0.5, 0.6) is 0 Å². The highest BCUT2D eigenvalue weighted by molar-refractivity contribution is 5.85. The van der Waals surface area contributed by atoms with Crippen molar-refractivity contribution in [3.8, 4) is 0 Å². The standard InChI is InChI=1S/C11H15NO6/c1-11(2,3)18-10(15)12-6-8(14)17-9-5-4-7(13)16-9/h4-5,9H,6H2,1-3H3,(H,12,15). The topological polar surface area (TPSA) is 90.9 Å². The zero-order chi connectivity index (χ0) is 13.8. The Bertz CT molecular complexity index is 381. The zero-order valence-corrected chi connectivity index (χ0v) is 10.4. The first-order chi connectivity index (χ1) is 8.26. The number of esters is 2. The largest absolute Gasteiger partial charge is 0.444 e. The maximum atomic E-state index is 11.3. The van der Waals surface area contributed by atoms with Crippen LogP contribution >= 0.6 is 0 Å². The van der Waals surface area contributed by atoms with E-state index in [1.807, 2.05) is 0 Å². The molecule has 1 aliphatic rings. The van der Waals surface area contributed by atoms with Crippen molar-refractivity contribution < 1.29 is 28.6 Å². The summed E-state index contributed by atoms with van der Waals surface area (Å²) in [7, 11) is 0. The number of hydrogen-bond acceptors (Lipinski definition) is 6. The molecule has 1 amide bonds. The van der Waals surface area contributed by atoms with E-state index in [0.717, 1.165) is 6.08 Å². The fourth-order valence-electron chi connectivity index (χ4n) is 1.04. The lowest BCUT2D eigenvalue weighted by Crippen LogP contribution is -2.36. The number of carbonyl (C=O) groups excluding carboxylic acids is 3. The van der Waals surface area contributed by atoms with Crippen molar-refractivity contribution in [1.29, 1.82) is 0 Å². The van der Waals surface area contributed by atoms with Crippen molar-refractivity contribution in [2.24, 2.45) is 0 Å². The fourth-order valence-corrected chi connectivity index (χ4v) is 1.04. The summed E-state index contributed by atoms with van der Waals surface area (Å²) in [4.78, 5) is 33.1. The molecule has 0 bridgehead atoms. The lowest BCUT2D eigenvalue weighted by atomic mass is 10.2. The van der Waals surface area contributed by atoms with E-state index >= 15 is 0 Å². The zero-order valence-electron chi connectivity index (χ0n) is 10.4. The molecule has 1 rings (SSSR count). The summed E-state index contributed by atoms with van der Waals surface area (Å²) < 4.78 is 14.2. The van der Waals surface area contributed by atoms with Crippen molar-refractivity contribution in [1.82, 2.24) is 5.32 Å². The molecule has 0 spiro atoms. The van der Waals surface area contributed by atoms with Gasteiger partial charge in [0, 0.05) is 12.2 Å². The molecule has 0 radical (unpaired) electrons. The van der Waals surface area contributed by atoms with E-state index in [0.29, 0.717) is 0 Å². The van der Waals surface area contributed by atoms with Crippen molar-refractivity contribution >= 4 is 18.0 Å². The number of rotatable bonds is 3. The summed E-state index contributed by atoms with van der Waals surface area (Å²) in [5.74, 6) is -1.31. The van der Waals surface area contributed by atoms with E-state index in [4.69, 9.17) is 9.47 Å². The molecule has 0 saturated carbocycles. The van der Waals surface area contributed by atoms with Crippen LogP contribution in [0.15, 0.2) is 12.2 Å². The Balaban J connectivity index is 2.23. The molecule has 7 nitrogen and oxygen atoms in total. The molecule has 0 aromatic carbocycles. The molecule has 0 aliphatic carbocycles. The molecule has 1 heterocycles. The average Bonchev–Trinajstić information content (AvgIpc) is 2.58. The normalized spacial score (nSPS) is 18.2. The molecule has 0 fully saturated rings. The van der Waals surface area contributed by atoms with Crippen LogP contribution in [0.4, 0.5) is 4.79 Å². The summed E-state index contributed by atoms with van der Waals surface area (Å²) in [6.45, 7) is 4.74. The van der Waals surface area contributed by atoms with Gasteiger partial charge in [-0.05, 0) is 20.8 Å². The lowest BCUT2D eigenvalue weighted by molar-refractivity contribution is -0.171. The van der Waals surface area contributed by atoms with Gasteiger partial charge in [-0.15, -0.1) is 0 Å². The lowest BCUT2D eigenvalue weighted by Gasteiger charge is -2.19. The fraction of sp³-hybridized carbons (Fsp3) is 0.545. The van der Waals surface area contributed by atoms with Crippen LogP contribution in [0.2, 0.25) is 0 Å². The molecule has 0 aromatic rings. The second kappa shape index (κ2) is 5.52. The van der Waals surface area contributed by atoms with Crippen LogP contribution in [0, 0.1) is 0 Å². The molecule has 18 heavy (non-hydrogen) atoms. The van der Waals surface area contributed by atoms with Gasteiger partial charge in [-0.3, -0.25) is 4.79 Å². The number of cyclic esters (lactones) is 1. The first-order valence-corrected chi connectivity index (χ1v) is 5.31. The smallest absolute Gasteiger partial charge is 0.408 e. The summed E-state index contributed by atoms with van der Waals surface area (Å²) in [6, 6.07) is 0. The molecule has 0 saturated heterocycles. The highest BCUT2D eigenvalue weighted by Gasteiger charge is 2.21. The first kappa shape index (κ1) is 14.0. The third-order valence-electron chi connectivity index (χ3n) is 1.65. The second-order valence-corrected chi connectivity index (χ2v) is 4.51. The van der Waals surface area contributed by atoms with Gasteiger partial charge in [-0.2, -0.15) is 0 Å². The average molecular weight is 257 g/mol. The molecule has 100 valence electrons. The Morgan fingerprint density at radius 1 is 1.44 bits per heavy atom. The Morgan fingerprint density at radius 3 is 2.61 bits per heavy atom. The van der Waals surface area contributed by atoms with Gasteiger partial charge >= 0.3 is 18.0 Å². The first-order valence-electron chi connectivity index (χ1n) is 5.31. The Kier molecular flexibility index (Phi) is 4.30.